The van der Waals surface area contributed by atoms with Crippen LogP contribution in [0.2, 0.25) is 0 Å². The van der Waals surface area contributed by atoms with Crippen LogP contribution in [0.3, 0.4) is 0 Å². The summed E-state index contributed by atoms with van der Waals surface area (Å²) in [4.78, 5) is 35.5. The number of carbonyl (C=O) groups excluding carboxylic acids is 2. The quantitative estimate of drug-likeness (QED) is 0.0212. The molecule has 0 radical (unpaired) electrons. The predicted molar refractivity (Wildman–Crippen MR) is 257 cm³/mol. The Balaban J connectivity index is 4.30. The number of ether oxygens (including phenoxy) is 2. The van der Waals surface area contributed by atoms with E-state index in [-0.39, 0.29) is 32.0 Å². The van der Waals surface area contributed by atoms with Crippen molar-refractivity contribution in [2.45, 2.75) is 219 Å². The molecule has 0 aromatic heterocycles. The first-order chi connectivity index (χ1) is 29.5. The van der Waals surface area contributed by atoms with Crippen LogP contribution in [0.1, 0.15) is 213 Å². The van der Waals surface area contributed by atoms with Gasteiger partial charge in [-0.05, 0) is 77.0 Å². The van der Waals surface area contributed by atoms with Crippen molar-refractivity contribution >= 4 is 19.8 Å². The molecule has 356 valence electrons. The molecule has 0 aliphatic carbocycles. The lowest BCUT2D eigenvalue weighted by Crippen LogP contribution is -2.37. The minimum atomic E-state index is -4.38. The van der Waals surface area contributed by atoms with Crippen LogP contribution in [-0.4, -0.2) is 74.9 Å². The highest BCUT2D eigenvalue weighted by Crippen LogP contribution is 2.43. The lowest BCUT2D eigenvalue weighted by molar-refractivity contribution is -0.870. The Morgan fingerprint density at radius 3 is 1.33 bits per heavy atom. The number of esters is 2. The Labute approximate surface area is 375 Å². The van der Waals surface area contributed by atoms with Gasteiger partial charge in [-0.3, -0.25) is 18.6 Å². The van der Waals surface area contributed by atoms with E-state index in [2.05, 4.69) is 62.5 Å². The Morgan fingerprint density at radius 2 is 0.885 bits per heavy atom. The van der Waals surface area contributed by atoms with Crippen molar-refractivity contribution < 1.29 is 42.1 Å². The average Bonchev–Trinajstić information content (AvgIpc) is 3.21. The molecule has 10 heteroatoms. The average molecular weight is 881 g/mol. The topological polar surface area (TPSA) is 108 Å². The van der Waals surface area contributed by atoms with Gasteiger partial charge in [0, 0.05) is 12.8 Å². The fourth-order valence-electron chi connectivity index (χ4n) is 6.66. The molecule has 1 N–H and O–H groups in total. The van der Waals surface area contributed by atoms with Gasteiger partial charge in [0.05, 0.1) is 27.7 Å². The van der Waals surface area contributed by atoms with Crippen molar-refractivity contribution in [1.29, 1.82) is 0 Å². The van der Waals surface area contributed by atoms with Crippen molar-refractivity contribution in [3.05, 3.63) is 48.6 Å². The van der Waals surface area contributed by atoms with Crippen molar-refractivity contribution in [1.82, 2.24) is 0 Å². The van der Waals surface area contributed by atoms with E-state index in [0.29, 0.717) is 17.4 Å². The fourth-order valence-corrected chi connectivity index (χ4v) is 7.40. The number of nitrogens with zero attached hydrogens (tertiary/aromatic N) is 1. The molecule has 2 unspecified atom stereocenters. The molecule has 9 nitrogen and oxygen atoms in total. The van der Waals surface area contributed by atoms with E-state index in [1.165, 1.54) is 109 Å². The van der Waals surface area contributed by atoms with Gasteiger partial charge in [0.15, 0.2) is 6.10 Å². The number of rotatable bonds is 45. The van der Waals surface area contributed by atoms with Gasteiger partial charge in [-0.1, -0.05) is 172 Å². The summed E-state index contributed by atoms with van der Waals surface area (Å²) in [7, 11) is 1.47. The summed E-state index contributed by atoms with van der Waals surface area (Å²) in [5.41, 5.74) is 0. The van der Waals surface area contributed by atoms with Gasteiger partial charge in [-0.2, -0.15) is 0 Å². The molecule has 2 atom stereocenters. The number of phosphoric acid groups is 1. The van der Waals surface area contributed by atoms with E-state index in [4.69, 9.17) is 18.5 Å². The van der Waals surface area contributed by atoms with E-state index in [1.807, 2.05) is 21.1 Å². The molecule has 0 saturated heterocycles. The minimum Gasteiger partial charge on any atom is -0.462 e. The molecule has 0 amide bonds. The second-order valence-corrected chi connectivity index (χ2v) is 19.3. The number of hydrogen-bond acceptors (Lipinski definition) is 7. The van der Waals surface area contributed by atoms with Crippen LogP contribution in [0, 0.1) is 0 Å². The van der Waals surface area contributed by atoms with Crippen LogP contribution in [0.5, 0.6) is 0 Å². The summed E-state index contributed by atoms with van der Waals surface area (Å²) in [5, 5.41) is 0. The first-order valence-corrected chi connectivity index (χ1v) is 26.4. The number of hydrogen-bond donors (Lipinski definition) is 1. The number of likely N-dealkylation sites (N-methyl/N-ethyl adjacent to an activating group) is 1. The molecule has 61 heavy (non-hydrogen) atoms. The van der Waals surface area contributed by atoms with Crippen LogP contribution in [0.4, 0.5) is 0 Å². The van der Waals surface area contributed by atoms with Crippen LogP contribution < -0.4 is 0 Å². The number of allylic oxidation sites excluding steroid dienone is 8. The Bertz CT molecular complexity index is 1180. The van der Waals surface area contributed by atoms with Crippen molar-refractivity contribution in [3.8, 4) is 0 Å². The van der Waals surface area contributed by atoms with Gasteiger partial charge in [0.2, 0.25) is 0 Å². The molecule has 0 aliphatic heterocycles. The van der Waals surface area contributed by atoms with Crippen LogP contribution in [0.15, 0.2) is 48.6 Å². The third-order valence-corrected chi connectivity index (χ3v) is 11.6. The molecule has 0 heterocycles. The molecule has 0 spiro atoms. The number of phosphoric ester groups is 1. The monoisotopic (exact) mass is 881 g/mol. The molecule has 0 rings (SSSR count). The van der Waals surface area contributed by atoms with Gasteiger partial charge in [0.25, 0.3) is 0 Å². The van der Waals surface area contributed by atoms with E-state index < -0.39 is 26.5 Å². The maximum Gasteiger partial charge on any atom is 0.472 e. The van der Waals surface area contributed by atoms with Gasteiger partial charge < -0.3 is 18.9 Å². The minimum absolute atomic E-state index is 0.0284. The van der Waals surface area contributed by atoms with Crippen LogP contribution in [-0.2, 0) is 32.7 Å². The summed E-state index contributed by atoms with van der Waals surface area (Å²) in [6.45, 7) is 4.38. The largest absolute Gasteiger partial charge is 0.472 e. The van der Waals surface area contributed by atoms with Crippen molar-refractivity contribution in [2.24, 2.45) is 0 Å². The normalized spacial score (nSPS) is 13.9. The highest BCUT2D eigenvalue weighted by molar-refractivity contribution is 7.47. The Kier molecular flexibility index (Phi) is 41.8. The lowest BCUT2D eigenvalue weighted by atomic mass is 10.1. The fraction of sp³-hybridized carbons (Fsp3) is 0.804. The highest BCUT2D eigenvalue weighted by atomic mass is 31.2. The number of unbranched alkanes of at least 4 members (excludes halogenated alkanes) is 23. The summed E-state index contributed by atoms with van der Waals surface area (Å²) >= 11 is 0. The van der Waals surface area contributed by atoms with Crippen molar-refractivity contribution in [2.75, 3.05) is 47.5 Å². The van der Waals surface area contributed by atoms with Gasteiger partial charge in [-0.15, -0.1) is 0 Å². The summed E-state index contributed by atoms with van der Waals surface area (Å²) < 4.78 is 34.4. The Morgan fingerprint density at radius 1 is 0.508 bits per heavy atom. The second kappa shape index (κ2) is 43.2. The first kappa shape index (κ1) is 59.0. The lowest BCUT2D eigenvalue weighted by Gasteiger charge is -2.24. The summed E-state index contributed by atoms with van der Waals surface area (Å²) in [5.74, 6) is -0.809. The zero-order chi connectivity index (χ0) is 45.0. The third-order valence-electron chi connectivity index (χ3n) is 10.6. The molecular formula is C51H95NO8P+. The zero-order valence-corrected chi connectivity index (χ0v) is 41.0. The van der Waals surface area contributed by atoms with E-state index in [1.54, 1.807) is 0 Å². The molecule has 0 aromatic carbocycles. The van der Waals surface area contributed by atoms with Gasteiger partial charge >= 0.3 is 19.8 Å². The number of carbonyl (C=O) groups is 2. The maximum absolute atomic E-state index is 12.7. The molecule has 0 aromatic rings. The van der Waals surface area contributed by atoms with E-state index in [9.17, 15) is 19.0 Å². The smallest absolute Gasteiger partial charge is 0.462 e. The second-order valence-electron chi connectivity index (χ2n) is 17.8. The van der Waals surface area contributed by atoms with Crippen LogP contribution >= 0.6 is 7.82 Å². The summed E-state index contributed by atoms with van der Waals surface area (Å²) in [6, 6.07) is 0. The predicted octanol–water partition coefficient (Wildman–Crippen LogP) is 14.6. The number of quaternary nitrogens is 1. The van der Waals surface area contributed by atoms with Gasteiger partial charge in [0.1, 0.15) is 19.8 Å². The van der Waals surface area contributed by atoms with Gasteiger partial charge in [-0.25, -0.2) is 4.57 Å². The standard InChI is InChI=1S/C51H94NO8P/c1-6-8-10-12-14-16-18-20-22-24-26-28-30-32-34-36-38-40-42-44-51(54)60-49(48-59-61(55,56)58-46-45-52(3,4)5)47-57-50(53)43-41-39-37-35-33-31-29-27-25-23-21-19-17-15-13-11-9-7-2/h14,16-17,19-20,22-23,25,49H,6-13,15,18,21,24,26-48H2,1-5H3/p+1/b16-14-,19-17-,22-20-,25-23-. The molecule has 0 saturated carbocycles. The molecule has 0 aliphatic rings. The molecule has 0 fully saturated rings. The third kappa shape index (κ3) is 47.3. The molecule has 0 bridgehead atoms. The molecular weight excluding hydrogens is 786 g/mol. The zero-order valence-electron chi connectivity index (χ0n) is 40.1. The van der Waals surface area contributed by atoms with Crippen LogP contribution in [0.25, 0.3) is 0 Å². The van der Waals surface area contributed by atoms with E-state index >= 15 is 0 Å². The summed E-state index contributed by atoms with van der Waals surface area (Å²) in [6.07, 6.45) is 51.5. The maximum atomic E-state index is 12.7. The van der Waals surface area contributed by atoms with Crippen molar-refractivity contribution in [3.63, 3.8) is 0 Å². The van der Waals surface area contributed by atoms with E-state index in [0.717, 1.165) is 70.6 Å². The SMILES string of the molecule is CCCCC/C=C\C/C=C\CCCCCCCCCCCC(=O)OC(COC(=O)CCCCCCCCC/C=C\C/C=C\CCCCCC)COP(=O)(O)OCC[N+](C)(C)C. The first-order valence-electron chi connectivity index (χ1n) is 24.9. The highest BCUT2D eigenvalue weighted by Gasteiger charge is 2.27. The Hall–Kier alpha value is -2.03.